The Morgan fingerprint density at radius 2 is 1.79 bits per heavy atom. The molecule has 3 aliphatic heterocycles. The quantitative estimate of drug-likeness (QED) is 0.274. The van der Waals surface area contributed by atoms with Crippen LogP contribution in [0.25, 0.3) is 22.3 Å². The summed E-state index contributed by atoms with van der Waals surface area (Å²) in [5.41, 5.74) is 13.1. The van der Waals surface area contributed by atoms with Crippen LogP contribution in [0.5, 0.6) is 0 Å². The number of halogens is 1. The largest absolute Gasteiger partial charge is 0.363 e. The second-order valence-corrected chi connectivity index (χ2v) is 10.9. The van der Waals surface area contributed by atoms with Crippen molar-refractivity contribution in [3.8, 4) is 22.3 Å². The molecule has 0 spiro atoms. The van der Waals surface area contributed by atoms with Crippen LogP contribution in [0.2, 0.25) is 0 Å². The molecule has 1 fully saturated rings. The van der Waals surface area contributed by atoms with Gasteiger partial charge in [-0.1, -0.05) is 12.1 Å². The van der Waals surface area contributed by atoms with Crippen LogP contribution in [0.15, 0.2) is 72.2 Å². The molecule has 0 radical (unpaired) electrons. The Labute approximate surface area is 242 Å². The molecule has 3 aliphatic rings. The first-order valence-electron chi connectivity index (χ1n) is 14.0. The molecule has 1 aromatic carbocycles. The number of benzene rings is 1. The van der Waals surface area contributed by atoms with Gasteiger partial charge in [-0.3, -0.25) is 9.78 Å². The number of fused-ring (bicyclic) bond motifs is 2. The van der Waals surface area contributed by atoms with E-state index in [4.69, 9.17) is 4.99 Å². The van der Waals surface area contributed by atoms with Crippen molar-refractivity contribution in [3.63, 3.8) is 0 Å². The number of nitrogens with zero attached hydrogens (tertiary/aromatic N) is 5. The number of aromatic nitrogens is 3. The van der Waals surface area contributed by atoms with Gasteiger partial charge in [0.05, 0.1) is 30.2 Å². The maximum absolute atomic E-state index is 13.6. The third-order valence-corrected chi connectivity index (χ3v) is 8.10. The van der Waals surface area contributed by atoms with E-state index < -0.39 is 0 Å². The Kier molecular flexibility index (Phi) is 6.80. The molecule has 3 aromatic heterocycles. The number of carbonyl (C=O) groups excluding carboxylic acids is 1. The van der Waals surface area contributed by atoms with E-state index in [0.717, 1.165) is 65.3 Å². The number of nitrogens with one attached hydrogen (secondary N) is 4. The second-order valence-electron chi connectivity index (χ2n) is 10.9. The van der Waals surface area contributed by atoms with Gasteiger partial charge in [-0.25, -0.2) is 24.8 Å². The molecule has 1 atom stereocenters. The van der Waals surface area contributed by atoms with Crippen LogP contribution in [0.3, 0.4) is 0 Å². The minimum Gasteiger partial charge on any atom is -0.363 e. The smallest absolute Gasteiger partial charge is 0.227 e. The Morgan fingerprint density at radius 3 is 2.62 bits per heavy atom. The summed E-state index contributed by atoms with van der Waals surface area (Å²) < 4.78 is 13.6. The van der Waals surface area contributed by atoms with Gasteiger partial charge in [0.1, 0.15) is 17.3 Å². The van der Waals surface area contributed by atoms with Crippen LogP contribution < -0.4 is 21.5 Å². The molecule has 10 nitrogen and oxygen atoms in total. The van der Waals surface area contributed by atoms with E-state index in [-0.39, 0.29) is 23.7 Å². The van der Waals surface area contributed by atoms with Gasteiger partial charge in [0.25, 0.3) is 0 Å². The highest BCUT2D eigenvalue weighted by molar-refractivity contribution is 6.03. The number of rotatable bonds is 5. The molecule has 7 rings (SSSR count). The predicted molar refractivity (Wildman–Crippen MR) is 161 cm³/mol. The fourth-order valence-electron chi connectivity index (χ4n) is 5.71. The van der Waals surface area contributed by atoms with Crippen molar-refractivity contribution in [2.45, 2.75) is 18.9 Å². The van der Waals surface area contributed by atoms with Crippen LogP contribution in [-0.4, -0.2) is 58.2 Å². The third-order valence-electron chi connectivity index (χ3n) is 8.10. The van der Waals surface area contributed by atoms with Crippen LogP contribution in [0, 0.1) is 11.7 Å². The summed E-state index contributed by atoms with van der Waals surface area (Å²) in [6.45, 7) is 2.35. The van der Waals surface area contributed by atoms with Gasteiger partial charge in [0, 0.05) is 46.8 Å². The SMILES string of the molecule is CN1CCC(C(=O)Nc2cncc(-c3cnc4c(c3)C(C3=Nc5c(-c6ccc(F)cc6)ccnc5NC3)NN4)c2)CC1. The maximum atomic E-state index is 13.6. The predicted octanol–water partition coefficient (Wildman–Crippen LogP) is 4.79. The molecule has 4 N–H and O–H groups in total. The van der Waals surface area contributed by atoms with E-state index in [2.05, 4.69) is 54.5 Å². The number of pyridine rings is 3. The zero-order valence-electron chi connectivity index (χ0n) is 23.1. The van der Waals surface area contributed by atoms with Crippen molar-refractivity contribution in [1.82, 2.24) is 25.3 Å². The molecule has 4 aromatic rings. The van der Waals surface area contributed by atoms with Gasteiger partial charge < -0.3 is 21.0 Å². The number of carbonyl (C=O) groups is 1. The fourth-order valence-corrected chi connectivity index (χ4v) is 5.71. The van der Waals surface area contributed by atoms with Gasteiger partial charge >= 0.3 is 0 Å². The molecule has 1 unspecified atom stereocenters. The number of aliphatic imine (C=N–C) groups is 1. The van der Waals surface area contributed by atoms with Gasteiger partial charge in [0.2, 0.25) is 5.91 Å². The Balaban J connectivity index is 1.15. The molecule has 1 amide bonds. The van der Waals surface area contributed by atoms with E-state index in [1.807, 2.05) is 12.1 Å². The zero-order chi connectivity index (χ0) is 28.6. The lowest BCUT2D eigenvalue weighted by Gasteiger charge is -2.28. The Hall–Kier alpha value is -4.74. The van der Waals surface area contributed by atoms with E-state index in [0.29, 0.717) is 23.7 Å². The van der Waals surface area contributed by atoms with E-state index in [1.54, 1.807) is 36.9 Å². The average molecular weight is 564 g/mol. The molecule has 212 valence electrons. The standard InChI is InChI=1S/C31H30FN9O/c1-41-10-7-19(8-11-41)31(42)37-23-12-20(14-33-16-23)21-13-25-27(39-40-29(25)35-15-21)26-17-36-30-28(38-26)24(6-9-34-30)18-2-4-22(32)5-3-18/h2-6,9,12-16,19,27,39H,7-8,10-11,17H2,1H3,(H,34,36)(H,35,40)(H,37,42). The average Bonchev–Trinajstić information content (AvgIpc) is 3.45. The summed E-state index contributed by atoms with van der Waals surface area (Å²) in [6.07, 6.45) is 8.69. The summed E-state index contributed by atoms with van der Waals surface area (Å²) in [7, 11) is 2.08. The highest BCUT2D eigenvalue weighted by atomic mass is 19.1. The van der Waals surface area contributed by atoms with Crippen molar-refractivity contribution >= 4 is 34.6 Å². The lowest BCUT2D eigenvalue weighted by Crippen LogP contribution is -2.35. The molecular weight excluding hydrogens is 533 g/mol. The summed E-state index contributed by atoms with van der Waals surface area (Å²) in [5.74, 6) is 1.18. The van der Waals surface area contributed by atoms with Gasteiger partial charge in [-0.15, -0.1) is 0 Å². The minimum absolute atomic E-state index is 0.0122. The summed E-state index contributed by atoms with van der Waals surface area (Å²) in [4.78, 5) is 33.7. The summed E-state index contributed by atoms with van der Waals surface area (Å²) in [5, 5.41) is 6.45. The molecule has 42 heavy (non-hydrogen) atoms. The number of hydrogen-bond donors (Lipinski definition) is 4. The lowest BCUT2D eigenvalue weighted by atomic mass is 9.96. The van der Waals surface area contributed by atoms with Gasteiger partial charge in [-0.2, -0.15) is 0 Å². The molecule has 0 aliphatic carbocycles. The van der Waals surface area contributed by atoms with Gasteiger partial charge in [-0.05, 0) is 68.9 Å². The number of hydrogen-bond acceptors (Lipinski definition) is 9. The van der Waals surface area contributed by atoms with Crippen molar-refractivity contribution < 1.29 is 9.18 Å². The van der Waals surface area contributed by atoms with Crippen molar-refractivity contribution in [2.75, 3.05) is 42.7 Å². The zero-order valence-corrected chi connectivity index (χ0v) is 23.1. The highest BCUT2D eigenvalue weighted by Crippen LogP contribution is 2.40. The van der Waals surface area contributed by atoms with Crippen molar-refractivity contribution in [1.29, 1.82) is 0 Å². The van der Waals surface area contributed by atoms with Crippen molar-refractivity contribution in [2.24, 2.45) is 10.9 Å². The Morgan fingerprint density at radius 1 is 0.976 bits per heavy atom. The lowest BCUT2D eigenvalue weighted by molar-refractivity contribution is -0.121. The third kappa shape index (κ3) is 5.08. The topological polar surface area (TPSA) is 119 Å². The monoisotopic (exact) mass is 563 g/mol. The van der Waals surface area contributed by atoms with E-state index >= 15 is 0 Å². The number of hydrazine groups is 1. The minimum atomic E-state index is -0.287. The van der Waals surface area contributed by atoms with Crippen molar-refractivity contribution in [3.05, 3.63) is 78.6 Å². The molecular formula is C31H30FN9O. The number of piperidine rings is 1. The molecule has 0 saturated carbocycles. The first-order valence-corrected chi connectivity index (χ1v) is 14.0. The molecule has 6 heterocycles. The first-order chi connectivity index (χ1) is 20.5. The van der Waals surface area contributed by atoms with Crippen LogP contribution in [-0.2, 0) is 4.79 Å². The van der Waals surface area contributed by atoms with Crippen LogP contribution >= 0.6 is 0 Å². The Bertz CT molecular complexity index is 1680. The summed E-state index contributed by atoms with van der Waals surface area (Å²) >= 11 is 0. The van der Waals surface area contributed by atoms with Crippen LogP contribution in [0.1, 0.15) is 24.4 Å². The highest BCUT2D eigenvalue weighted by Gasteiger charge is 2.31. The first kappa shape index (κ1) is 26.2. The molecule has 1 saturated heterocycles. The number of anilines is 3. The molecule has 11 heteroatoms. The maximum Gasteiger partial charge on any atom is 0.227 e. The van der Waals surface area contributed by atoms with Crippen LogP contribution in [0.4, 0.5) is 27.4 Å². The van der Waals surface area contributed by atoms with Gasteiger partial charge in [0.15, 0.2) is 5.82 Å². The van der Waals surface area contributed by atoms with E-state index in [9.17, 15) is 9.18 Å². The summed E-state index contributed by atoms with van der Waals surface area (Å²) in [6, 6.07) is 12.0. The second kappa shape index (κ2) is 10.9. The van der Waals surface area contributed by atoms with E-state index in [1.165, 1.54) is 12.1 Å². The normalized spacial score (nSPS) is 18.3. The number of likely N-dealkylation sites (tertiary alicyclic amines) is 1. The number of amides is 1. The fraction of sp³-hybridized carbons (Fsp3) is 0.258. The molecule has 0 bridgehead atoms.